The average molecular weight is 364 g/mol. The summed E-state index contributed by atoms with van der Waals surface area (Å²) in [5.74, 6) is -0.251. The predicted octanol–water partition coefficient (Wildman–Crippen LogP) is 3.34. The van der Waals surface area contributed by atoms with Crippen LogP contribution in [0, 0.1) is 6.92 Å². The van der Waals surface area contributed by atoms with Gasteiger partial charge >= 0.3 is 12.1 Å². The van der Waals surface area contributed by atoms with Crippen LogP contribution < -0.4 is 4.74 Å². The Morgan fingerprint density at radius 1 is 1.27 bits per heavy atom. The normalized spacial score (nSPS) is 20.5. The Kier molecular flexibility index (Phi) is 6.10. The van der Waals surface area contributed by atoms with Crippen molar-refractivity contribution < 1.29 is 23.8 Å². The van der Waals surface area contributed by atoms with E-state index in [1.165, 1.54) is 7.11 Å². The van der Waals surface area contributed by atoms with Gasteiger partial charge in [0.1, 0.15) is 17.3 Å². The highest BCUT2D eigenvalue weighted by atomic mass is 16.6. The van der Waals surface area contributed by atoms with Gasteiger partial charge < -0.3 is 19.1 Å². The van der Waals surface area contributed by atoms with Gasteiger partial charge in [-0.3, -0.25) is 0 Å². The molecule has 2 unspecified atom stereocenters. The number of rotatable bonds is 3. The second-order valence-electron chi connectivity index (χ2n) is 7.60. The fourth-order valence-electron chi connectivity index (χ4n) is 2.88. The zero-order valence-electron chi connectivity index (χ0n) is 16.4. The number of pyridine rings is 1. The number of methoxy groups -OCH3 is 1. The van der Waals surface area contributed by atoms with E-state index in [-0.39, 0.29) is 24.1 Å². The van der Waals surface area contributed by atoms with Gasteiger partial charge in [0.25, 0.3) is 0 Å². The summed E-state index contributed by atoms with van der Waals surface area (Å²) in [5.41, 5.74) is 0.494. The van der Waals surface area contributed by atoms with Crippen LogP contribution in [0.3, 0.4) is 0 Å². The molecule has 2 rings (SSSR count). The lowest BCUT2D eigenvalue weighted by atomic mass is 10.0. The van der Waals surface area contributed by atoms with E-state index in [1.807, 2.05) is 27.7 Å². The molecule has 144 valence electrons. The number of esters is 1. The van der Waals surface area contributed by atoms with Crippen LogP contribution in [0.1, 0.15) is 56.5 Å². The third kappa shape index (κ3) is 4.86. The zero-order valence-corrected chi connectivity index (χ0v) is 16.4. The fraction of sp³-hybridized carbons (Fsp3) is 0.632. The van der Waals surface area contributed by atoms with Crippen LogP contribution >= 0.6 is 0 Å². The van der Waals surface area contributed by atoms with E-state index in [0.717, 1.165) is 18.4 Å². The summed E-state index contributed by atoms with van der Waals surface area (Å²) in [4.78, 5) is 30.4. The van der Waals surface area contributed by atoms with Gasteiger partial charge in [0.05, 0.1) is 13.7 Å². The molecule has 1 aromatic heterocycles. The van der Waals surface area contributed by atoms with E-state index in [0.29, 0.717) is 12.1 Å². The molecule has 0 radical (unpaired) electrons. The van der Waals surface area contributed by atoms with Crippen LogP contribution in [-0.2, 0) is 9.47 Å². The van der Waals surface area contributed by atoms with E-state index >= 15 is 0 Å². The van der Waals surface area contributed by atoms with Gasteiger partial charge in [-0.1, -0.05) is 0 Å². The molecule has 0 saturated carbocycles. The van der Waals surface area contributed by atoms with Gasteiger partial charge in [-0.25, -0.2) is 14.6 Å². The summed E-state index contributed by atoms with van der Waals surface area (Å²) < 4.78 is 16.3. The monoisotopic (exact) mass is 364 g/mol. The maximum absolute atomic E-state index is 12.5. The number of aryl methyl sites for hydroxylation is 1. The number of carbonyl (C=O) groups is 2. The van der Waals surface area contributed by atoms with Crippen molar-refractivity contribution >= 4 is 12.1 Å². The molecule has 26 heavy (non-hydrogen) atoms. The highest BCUT2D eigenvalue weighted by Crippen LogP contribution is 2.26. The third-order valence-electron chi connectivity index (χ3n) is 4.26. The minimum atomic E-state index is -0.555. The number of nitrogens with zero attached hydrogens (tertiary/aromatic N) is 2. The van der Waals surface area contributed by atoms with Crippen molar-refractivity contribution in [1.82, 2.24) is 9.88 Å². The van der Waals surface area contributed by atoms with Crippen LogP contribution in [-0.4, -0.2) is 53.3 Å². The van der Waals surface area contributed by atoms with Crippen LogP contribution in [0.4, 0.5) is 4.79 Å². The van der Waals surface area contributed by atoms with Crippen molar-refractivity contribution in [2.45, 2.75) is 65.2 Å². The summed E-state index contributed by atoms with van der Waals surface area (Å²) in [6.07, 6.45) is 2.51. The Balaban J connectivity index is 2.15. The standard InChI is InChI=1S/C19H28N2O5/c1-12-9-10-20-16(15(12)17(22)24-6)25-14-8-7-13(2)21(11-14)18(23)26-19(3,4)5/h9-10,13-14H,7-8,11H2,1-6H3. The molecule has 1 aromatic rings. The summed E-state index contributed by atoms with van der Waals surface area (Å²) in [5, 5.41) is 0. The first-order valence-electron chi connectivity index (χ1n) is 8.82. The first kappa shape index (κ1) is 20.0. The average Bonchev–Trinajstić information content (AvgIpc) is 2.54. The van der Waals surface area contributed by atoms with Gasteiger partial charge in [0.2, 0.25) is 5.88 Å². The van der Waals surface area contributed by atoms with Crippen LogP contribution in [0.2, 0.25) is 0 Å². The largest absolute Gasteiger partial charge is 0.472 e. The Morgan fingerprint density at radius 3 is 2.58 bits per heavy atom. The molecule has 0 bridgehead atoms. The summed E-state index contributed by atoms with van der Waals surface area (Å²) in [7, 11) is 1.32. The van der Waals surface area contributed by atoms with Gasteiger partial charge in [0.15, 0.2) is 0 Å². The topological polar surface area (TPSA) is 78.0 Å². The lowest BCUT2D eigenvalue weighted by Gasteiger charge is -2.38. The molecule has 0 aromatic carbocycles. The van der Waals surface area contributed by atoms with Crippen LogP contribution in [0.5, 0.6) is 5.88 Å². The van der Waals surface area contributed by atoms with E-state index in [4.69, 9.17) is 14.2 Å². The first-order valence-corrected chi connectivity index (χ1v) is 8.82. The number of ether oxygens (including phenoxy) is 3. The Bertz CT molecular complexity index is 668. The molecule has 7 heteroatoms. The van der Waals surface area contributed by atoms with E-state index < -0.39 is 11.6 Å². The maximum Gasteiger partial charge on any atom is 0.410 e. The zero-order chi connectivity index (χ0) is 19.5. The van der Waals surface area contributed by atoms with Gasteiger partial charge in [-0.05, 0) is 59.1 Å². The Morgan fingerprint density at radius 2 is 1.96 bits per heavy atom. The second kappa shape index (κ2) is 7.93. The summed E-state index contributed by atoms with van der Waals surface area (Å²) in [6.45, 7) is 9.69. The smallest absolute Gasteiger partial charge is 0.410 e. The maximum atomic E-state index is 12.5. The summed E-state index contributed by atoms with van der Waals surface area (Å²) >= 11 is 0. The molecule has 1 aliphatic heterocycles. The molecule has 1 fully saturated rings. The number of carbonyl (C=O) groups excluding carboxylic acids is 2. The fourth-order valence-corrected chi connectivity index (χ4v) is 2.88. The van der Waals surface area contributed by atoms with Gasteiger partial charge in [0, 0.05) is 12.2 Å². The van der Waals surface area contributed by atoms with Crippen molar-refractivity contribution in [3.05, 3.63) is 23.4 Å². The molecule has 1 amide bonds. The predicted molar refractivity (Wildman–Crippen MR) is 96.4 cm³/mol. The van der Waals surface area contributed by atoms with Gasteiger partial charge in [-0.2, -0.15) is 0 Å². The number of amides is 1. The number of aromatic nitrogens is 1. The lowest BCUT2D eigenvalue weighted by molar-refractivity contribution is -0.00630. The molecule has 1 saturated heterocycles. The highest BCUT2D eigenvalue weighted by Gasteiger charge is 2.34. The number of hydrogen-bond donors (Lipinski definition) is 0. The number of hydrogen-bond acceptors (Lipinski definition) is 6. The number of likely N-dealkylation sites (tertiary alicyclic amines) is 1. The van der Waals surface area contributed by atoms with E-state index in [9.17, 15) is 9.59 Å². The molecular formula is C19H28N2O5. The van der Waals surface area contributed by atoms with Crippen molar-refractivity contribution in [3.8, 4) is 5.88 Å². The molecule has 1 aliphatic rings. The van der Waals surface area contributed by atoms with Crippen molar-refractivity contribution in [2.75, 3.05) is 13.7 Å². The van der Waals surface area contributed by atoms with Crippen molar-refractivity contribution in [1.29, 1.82) is 0 Å². The lowest BCUT2D eigenvalue weighted by Crippen LogP contribution is -2.50. The minimum Gasteiger partial charge on any atom is -0.472 e. The summed E-state index contributed by atoms with van der Waals surface area (Å²) in [6, 6.07) is 1.80. The Labute approximate surface area is 154 Å². The third-order valence-corrected chi connectivity index (χ3v) is 4.26. The van der Waals surface area contributed by atoms with E-state index in [1.54, 1.807) is 24.1 Å². The molecule has 0 N–H and O–H groups in total. The Hall–Kier alpha value is -2.31. The quantitative estimate of drug-likeness (QED) is 0.766. The number of piperidine rings is 1. The SMILES string of the molecule is COC(=O)c1c(C)ccnc1OC1CCC(C)N(C(=O)OC(C)(C)C)C1. The first-order chi connectivity index (χ1) is 12.1. The molecule has 0 spiro atoms. The highest BCUT2D eigenvalue weighted by molar-refractivity contribution is 5.93. The minimum absolute atomic E-state index is 0.0650. The molecular weight excluding hydrogens is 336 g/mol. The molecule has 7 nitrogen and oxygen atoms in total. The van der Waals surface area contributed by atoms with Crippen LogP contribution in [0.25, 0.3) is 0 Å². The van der Waals surface area contributed by atoms with Gasteiger partial charge in [-0.15, -0.1) is 0 Å². The van der Waals surface area contributed by atoms with Crippen LogP contribution in [0.15, 0.2) is 12.3 Å². The molecule has 0 aliphatic carbocycles. The van der Waals surface area contributed by atoms with Crippen molar-refractivity contribution in [3.63, 3.8) is 0 Å². The molecule has 2 atom stereocenters. The van der Waals surface area contributed by atoms with E-state index in [2.05, 4.69) is 4.98 Å². The second-order valence-corrected chi connectivity index (χ2v) is 7.60. The molecule has 2 heterocycles. The van der Waals surface area contributed by atoms with Crippen molar-refractivity contribution in [2.24, 2.45) is 0 Å².